The van der Waals surface area contributed by atoms with E-state index in [0.717, 1.165) is 63.5 Å². The number of carbonyl (C=O) groups excluding carboxylic acids is 3. The topological polar surface area (TPSA) is 94.2 Å². The number of nitrogens with zero attached hydrogens (tertiary/aromatic N) is 3. The number of rotatable bonds is 7. The van der Waals surface area contributed by atoms with Gasteiger partial charge in [-0.2, -0.15) is 0 Å². The highest BCUT2D eigenvalue weighted by Crippen LogP contribution is 2.31. The first-order valence-electron chi connectivity index (χ1n) is 14.2. The highest BCUT2D eigenvalue weighted by atomic mass is 16.5. The lowest BCUT2D eigenvalue weighted by Crippen LogP contribution is -2.52. The molecule has 3 saturated heterocycles. The highest BCUT2D eigenvalue weighted by Gasteiger charge is 2.39. The lowest BCUT2D eigenvalue weighted by Gasteiger charge is -2.36. The number of anilines is 1. The van der Waals surface area contributed by atoms with Gasteiger partial charge in [-0.25, -0.2) is 0 Å². The molecular formula is C30H37N5O4. The maximum Gasteiger partial charge on any atom is 0.255 e. The van der Waals surface area contributed by atoms with Crippen LogP contribution in [0.4, 0.5) is 5.69 Å². The number of piperidine rings is 2. The fourth-order valence-corrected chi connectivity index (χ4v) is 6.10. The summed E-state index contributed by atoms with van der Waals surface area (Å²) in [4.78, 5) is 43.3. The van der Waals surface area contributed by atoms with E-state index in [2.05, 4.69) is 50.8 Å². The zero-order valence-electron chi connectivity index (χ0n) is 22.4. The molecule has 0 bridgehead atoms. The molecule has 39 heavy (non-hydrogen) atoms. The van der Waals surface area contributed by atoms with Crippen LogP contribution in [-0.2, 0) is 34.0 Å². The van der Waals surface area contributed by atoms with Crippen molar-refractivity contribution in [2.75, 3.05) is 44.2 Å². The maximum atomic E-state index is 13.0. The summed E-state index contributed by atoms with van der Waals surface area (Å²) in [6.45, 7) is 7.85. The van der Waals surface area contributed by atoms with E-state index in [1.165, 1.54) is 17.5 Å². The molecule has 9 heteroatoms. The lowest BCUT2D eigenvalue weighted by molar-refractivity contribution is -0.136. The number of carbonyl (C=O) groups is 3. The predicted molar refractivity (Wildman–Crippen MR) is 147 cm³/mol. The zero-order chi connectivity index (χ0) is 26.8. The Balaban J connectivity index is 0.996. The first kappa shape index (κ1) is 26.0. The molecule has 0 saturated carbocycles. The Morgan fingerprint density at radius 3 is 2.46 bits per heavy atom. The number of fused-ring (bicyclic) bond motifs is 1. The molecular weight excluding hydrogens is 494 g/mol. The van der Waals surface area contributed by atoms with Gasteiger partial charge >= 0.3 is 0 Å². The third kappa shape index (κ3) is 5.85. The Bertz CT molecular complexity index is 1220. The van der Waals surface area contributed by atoms with E-state index >= 15 is 0 Å². The normalized spacial score (nSPS) is 24.2. The Kier molecular flexibility index (Phi) is 7.63. The van der Waals surface area contributed by atoms with E-state index in [-0.39, 0.29) is 24.1 Å². The van der Waals surface area contributed by atoms with Gasteiger partial charge < -0.3 is 19.9 Å². The third-order valence-electron chi connectivity index (χ3n) is 8.41. The van der Waals surface area contributed by atoms with Crippen molar-refractivity contribution in [3.05, 3.63) is 64.7 Å². The number of imide groups is 1. The first-order chi connectivity index (χ1) is 19.0. The molecule has 2 atom stereocenters. The molecule has 0 aliphatic carbocycles. The van der Waals surface area contributed by atoms with Gasteiger partial charge in [-0.15, -0.1) is 0 Å². The quantitative estimate of drug-likeness (QED) is 0.528. The average Bonchev–Trinajstić information content (AvgIpc) is 3.29. The molecule has 4 aliphatic rings. The zero-order valence-corrected chi connectivity index (χ0v) is 22.4. The molecule has 4 aliphatic heterocycles. The fourth-order valence-electron chi connectivity index (χ4n) is 6.10. The Morgan fingerprint density at radius 2 is 1.72 bits per heavy atom. The monoisotopic (exact) mass is 531 g/mol. The van der Waals surface area contributed by atoms with Gasteiger partial charge in [0.1, 0.15) is 6.04 Å². The molecule has 9 nitrogen and oxygen atoms in total. The van der Waals surface area contributed by atoms with Gasteiger partial charge in [0.2, 0.25) is 11.8 Å². The van der Waals surface area contributed by atoms with Crippen molar-refractivity contribution in [2.24, 2.45) is 0 Å². The summed E-state index contributed by atoms with van der Waals surface area (Å²) in [6, 6.07) is 14.2. The van der Waals surface area contributed by atoms with E-state index in [0.29, 0.717) is 31.2 Å². The molecule has 206 valence electrons. The maximum absolute atomic E-state index is 13.0. The number of piperazine rings is 1. The third-order valence-corrected chi connectivity index (χ3v) is 8.41. The van der Waals surface area contributed by atoms with Crippen molar-refractivity contribution in [1.82, 2.24) is 20.4 Å². The Labute approximate surface area is 229 Å². The molecule has 2 aromatic rings. The summed E-state index contributed by atoms with van der Waals surface area (Å²) >= 11 is 0. The van der Waals surface area contributed by atoms with Crippen LogP contribution < -0.4 is 15.5 Å². The summed E-state index contributed by atoms with van der Waals surface area (Å²) in [7, 11) is 0. The van der Waals surface area contributed by atoms with Crippen molar-refractivity contribution < 1.29 is 19.1 Å². The van der Waals surface area contributed by atoms with Crippen LogP contribution in [0, 0.1) is 0 Å². The largest absolute Gasteiger partial charge is 0.372 e. The van der Waals surface area contributed by atoms with E-state index in [1.807, 2.05) is 12.1 Å². The second-order valence-corrected chi connectivity index (χ2v) is 11.1. The summed E-state index contributed by atoms with van der Waals surface area (Å²) in [5.74, 6) is -0.764. The Morgan fingerprint density at radius 1 is 0.923 bits per heavy atom. The second kappa shape index (κ2) is 11.5. The minimum Gasteiger partial charge on any atom is -0.372 e. The van der Waals surface area contributed by atoms with Crippen molar-refractivity contribution in [1.29, 1.82) is 0 Å². The van der Waals surface area contributed by atoms with Crippen LogP contribution in [0.25, 0.3) is 0 Å². The standard InChI is InChI=1S/C30H37N5O4/c36-28-10-9-27(29(37)32-28)35-19-23-16-24(7-8-26(23)30(35)38)34-14-12-33(13-15-34)18-21-3-5-22(6-4-21)20-39-25-2-1-11-31-17-25/h3-8,16,25,27,31H,1-2,9-15,17-20H2,(H,32,36,37)/t25-,27?/m1/s1. The number of amides is 3. The molecule has 2 N–H and O–H groups in total. The van der Waals surface area contributed by atoms with Crippen LogP contribution in [0.2, 0.25) is 0 Å². The lowest BCUT2D eigenvalue weighted by atomic mass is 10.0. The van der Waals surface area contributed by atoms with Crippen molar-refractivity contribution >= 4 is 23.4 Å². The van der Waals surface area contributed by atoms with Crippen LogP contribution >= 0.6 is 0 Å². The number of hydrogen-bond acceptors (Lipinski definition) is 7. The molecule has 4 heterocycles. The Hall–Kier alpha value is -3.27. The van der Waals surface area contributed by atoms with Crippen LogP contribution in [0.15, 0.2) is 42.5 Å². The minimum atomic E-state index is -0.578. The summed E-state index contributed by atoms with van der Waals surface area (Å²) in [5.41, 5.74) is 5.26. The first-order valence-corrected chi connectivity index (χ1v) is 14.2. The van der Waals surface area contributed by atoms with Crippen LogP contribution in [0.3, 0.4) is 0 Å². The molecule has 2 aromatic carbocycles. The van der Waals surface area contributed by atoms with Gasteiger partial charge in [0, 0.05) is 63.5 Å². The minimum absolute atomic E-state index is 0.126. The summed E-state index contributed by atoms with van der Waals surface area (Å²) in [6.07, 6.45) is 3.30. The van der Waals surface area contributed by atoms with Gasteiger partial charge in [-0.05, 0) is 60.7 Å². The molecule has 3 amide bonds. The molecule has 0 aromatic heterocycles. The molecule has 1 unspecified atom stereocenters. The van der Waals surface area contributed by atoms with Crippen molar-refractivity contribution in [3.8, 4) is 0 Å². The van der Waals surface area contributed by atoms with Gasteiger partial charge in [-0.1, -0.05) is 24.3 Å². The number of benzene rings is 2. The van der Waals surface area contributed by atoms with Gasteiger partial charge in [0.05, 0.1) is 12.7 Å². The summed E-state index contributed by atoms with van der Waals surface area (Å²) in [5, 5.41) is 5.76. The molecule has 0 radical (unpaired) electrons. The van der Waals surface area contributed by atoms with E-state index in [9.17, 15) is 14.4 Å². The van der Waals surface area contributed by atoms with E-state index in [1.54, 1.807) is 4.90 Å². The molecule has 3 fully saturated rings. The van der Waals surface area contributed by atoms with Crippen LogP contribution in [-0.4, -0.2) is 78.9 Å². The second-order valence-electron chi connectivity index (χ2n) is 11.1. The van der Waals surface area contributed by atoms with Gasteiger partial charge in [0.15, 0.2) is 0 Å². The highest BCUT2D eigenvalue weighted by molar-refractivity contribution is 6.05. The van der Waals surface area contributed by atoms with Crippen molar-refractivity contribution in [3.63, 3.8) is 0 Å². The molecule has 0 spiro atoms. The number of hydrogen-bond donors (Lipinski definition) is 2. The number of ether oxygens (including phenoxy) is 1. The predicted octanol–water partition coefficient (Wildman–Crippen LogP) is 2.04. The fraction of sp³-hybridized carbons (Fsp3) is 0.500. The van der Waals surface area contributed by atoms with E-state index in [4.69, 9.17) is 4.74 Å². The number of nitrogens with one attached hydrogen (secondary N) is 2. The van der Waals surface area contributed by atoms with Gasteiger partial charge in [-0.3, -0.25) is 24.6 Å². The van der Waals surface area contributed by atoms with E-state index < -0.39 is 6.04 Å². The average molecular weight is 532 g/mol. The molecule has 6 rings (SSSR count). The SMILES string of the molecule is O=C1CCC(N2Cc3cc(N4CCN(Cc5ccc(CO[C@@H]6CCCNC6)cc5)CC4)ccc3C2=O)C(=O)N1. The smallest absolute Gasteiger partial charge is 0.255 e. The van der Waals surface area contributed by atoms with Crippen molar-refractivity contribution in [2.45, 2.75) is 57.5 Å². The van der Waals surface area contributed by atoms with Gasteiger partial charge in [0.25, 0.3) is 5.91 Å². The van der Waals surface area contributed by atoms with Crippen LogP contribution in [0.5, 0.6) is 0 Å². The summed E-state index contributed by atoms with van der Waals surface area (Å²) < 4.78 is 6.06. The van der Waals surface area contributed by atoms with Crippen LogP contribution in [0.1, 0.15) is 52.7 Å².